The lowest BCUT2D eigenvalue weighted by molar-refractivity contribution is 0.0593. The normalized spacial score (nSPS) is 10.5. The molecule has 0 fully saturated rings. The van der Waals surface area contributed by atoms with Crippen molar-refractivity contribution in [3.8, 4) is 17.5 Å². The highest BCUT2D eigenvalue weighted by Crippen LogP contribution is 2.28. The molecular weight excluding hydrogens is 365 g/mol. The van der Waals surface area contributed by atoms with Gasteiger partial charge in [0.05, 0.1) is 24.6 Å². The van der Waals surface area contributed by atoms with Gasteiger partial charge in [0.2, 0.25) is 0 Å². The van der Waals surface area contributed by atoms with E-state index in [2.05, 4.69) is 5.10 Å². The summed E-state index contributed by atoms with van der Waals surface area (Å²) in [5, 5.41) is 13.3. The molecule has 144 valence electrons. The molecule has 0 radical (unpaired) electrons. The van der Waals surface area contributed by atoms with E-state index in [1.54, 1.807) is 16.9 Å². The average Bonchev–Trinajstić information content (AvgIpc) is 3.19. The van der Waals surface area contributed by atoms with Gasteiger partial charge in [0.1, 0.15) is 12.7 Å². The summed E-state index contributed by atoms with van der Waals surface area (Å²) in [6, 6.07) is 6.09. The van der Waals surface area contributed by atoms with E-state index in [1.165, 1.54) is 30.0 Å². The van der Waals surface area contributed by atoms with Gasteiger partial charge in [0.25, 0.3) is 0 Å². The molecule has 0 saturated heterocycles. The summed E-state index contributed by atoms with van der Waals surface area (Å²) in [7, 11) is 3.01. The Labute approximate surface area is 160 Å². The summed E-state index contributed by atoms with van der Waals surface area (Å²) in [6.45, 7) is 2.06. The van der Waals surface area contributed by atoms with Crippen LogP contribution in [0.3, 0.4) is 0 Å². The van der Waals surface area contributed by atoms with Crippen LogP contribution in [-0.4, -0.2) is 27.4 Å². The minimum absolute atomic E-state index is 0.0258. The highest BCUT2D eigenvalue weighted by atomic mass is 19.1. The van der Waals surface area contributed by atoms with Crippen LogP contribution in [0.4, 0.5) is 10.1 Å². The number of carbonyl (C=O) groups excluding carboxylic acids is 1. The Balaban J connectivity index is 1.92. The Hall–Kier alpha value is -3.80. The van der Waals surface area contributed by atoms with Gasteiger partial charge in [0.15, 0.2) is 17.3 Å². The van der Waals surface area contributed by atoms with Crippen molar-refractivity contribution in [1.29, 1.82) is 5.26 Å². The number of anilines is 1. The van der Waals surface area contributed by atoms with Crippen molar-refractivity contribution in [2.45, 2.75) is 13.5 Å². The number of hydrogen-bond donors (Lipinski definition) is 1. The molecule has 8 nitrogen and oxygen atoms in total. The monoisotopic (exact) mass is 383 g/mol. The first kappa shape index (κ1) is 19.0. The average molecular weight is 383 g/mol. The summed E-state index contributed by atoms with van der Waals surface area (Å²) in [5.74, 6) is -1.31. The van der Waals surface area contributed by atoms with E-state index in [1.807, 2.05) is 20.0 Å². The first-order valence-corrected chi connectivity index (χ1v) is 8.26. The van der Waals surface area contributed by atoms with E-state index in [0.717, 1.165) is 11.3 Å². The molecule has 0 spiro atoms. The summed E-state index contributed by atoms with van der Waals surface area (Å²) in [6.07, 6.45) is 3.02. The summed E-state index contributed by atoms with van der Waals surface area (Å²) >= 11 is 0. The highest BCUT2D eigenvalue weighted by Gasteiger charge is 2.22. The van der Waals surface area contributed by atoms with Gasteiger partial charge < -0.3 is 19.8 Å². The van der Waals surface area contributed by atoms with Crippen LogP contribution in [0.25, 0.3) is 5.69 Å². The molecule has 0 aliphatic carbocycles. The Kier molecular flexibility index (Phi) is 5.04. The number of aromatic nitrogens is 3. The third-order valence-corrected chi connectivity index (χ3v) is 4.46. The zero-order chi connectivity index (χ0) is 20.4. The molecule has 28 heavy (non-hydrogen) atoms. The van der Waals surface area contributed by atoms with Crippen LogP contribution in [0.5, 0.6) is 5.75 Å². The van der Waals surface area contributed by atoms with E-state index in [-0.39, 0.29) is 29.3 Å². The maximum atomic E-state index is 14.6. The van der Waals surface area contributed by atoms with Crippen LogP contribution in [-0.2, 0) is 18.4 Å². The number of nitrogens with two attached hydrogens (primary N) is 1. The number of nitriles is 1. The number of rotatable bonds is 5. The van der Waals surface area contributed by atoms with Gasteiger partial charge >= 0.3 is 5.97 Å². The lowest BCUT2D eigenvalue weighted by Crippen LogP contribution is -2.11. The maximum absolute atomic E-state index is 14.6. The van der Waals surface area contributed by atoms with Crippen molar-refractivity contribution < 1.29 is 18.7 Å². The van der Waals surface area contributed by atoms with Gasteiger partial charge in [0, 0.05) is 36.3 Å². The quantitative estimate of drug-likeness (QED) is 0.678. The van der Waals surface area contributed by atoms with E-state index in [4.69, 9.17) is 20.5 Å². The molecule has 2 N–H and O–H groups in total. The third-order valence-electron chi connectivity index (χ3n) is 4.46. The number of nitrogen functional groups attached to an aromatic ring is 1. The van der Waals surface area contributed by atoms with Crippen molar-refractivity contribution in [1.82, 2.24) is 14.3 Å². The minimum Gasteiger partial charge on any atom is -0.486 e. The standard InChI is InChI=1S/C19H18FN5O3/c1-11-13(8-23-24(11)2)10-28-16-5-4-14(6-15(16)20)25-9-12(7-21)17(22)18(25)19(26)27-3/h4-6,8-9H,10,22H2,1-3H3. The third kappa shape index (κ3) is 3.27. The van der Waals surface area contributed by atoms with Gasteiger partial charge in [-0.1, -0.05) is 0 Å². The number of methoxy groups -OCH3 is 1. The van der Waals surface area contributed by atoms with E-state index < -0.39 is 11.8 Å². The summed E-state index contributed by atoms with van der Waals surface area (Å²) in [5.41, 5.74) is 7.94. The second-order valence-electron chi connectivity index (χ2n) is 6.06. The zero-order valence-electron chi connectivity index (χ0n) is 15.6. The van der Waals surface area contributed by atoms with Crippen molar-refractivity contribution in [2.24, 2.45) is 7.05 Å². The van der Waals surface area contributed by atoms with Crippen LogP contribution >= 0.6 is 0 Å². The van der Waals surface area contributed by atoms with Crippen LogP contribution < -0.4 is 10.5 Å². The number of esters is 1. The summed E-state index contributed by atoms with van der Waals surface area (Å²) in [4.78, 5) is 12.0. The lowest BCUT2D eigenvalue weighted by atomic mass is 10.2. The summed E-state index contributed by atoms with van der Waals surface area (Å²) < 4.78 is 27.9. The van der Waals surface area contributed by atoms with Gasteiger partial charge in [-0.3, -0.25) is 4.68 Å². The number of halogens is 1. The van der Waals surface area contributed by atoms with Crippen LogP contribution in [0.2, 0.25) is 0 Å². The Morgan fingerprint density at radius 3 is 2.75 bits per heavy atom. The topological polar surface area (TPSA) is 108 Å². The molecule has 3 aromatic rings. The predicted octanol–water partition coefficient (Wildman–Crippen LogP) is 2.48. The first-order valence-electron chi connectivity index (χ1n) is 8.26. The van der Waals surface area contributed by atoms with Crippen molar-refractivity contribution in [3.63, 3.8) is 0 Å². The van der Waals surface area contributed by atoms with Gasteiger partial charge in [-0.25, -0.2) is 9.18 Å². The molecule has 0 saturated carbocycles. The van der Waals surface area contributed by atoms with Crippen LogP contribution in [0, 0.1) is 24.1 Å². The Morgan fingerprint density at radius 1 is 1.43 bits per heavy atom. The molecule has 1 aromatic carbocycles. The van der Waals surface area contributed by atoms with Gasteiger partial charge in [-0.05, 0) is 19.1 Å². The Bertz CT molecular complexity index is 1090. The minimum atomic E-state index is -0.730. The predicted molar refractivity (Wildman–Crippen MR) is 98.5 cm³/mol. The van der Waals surface area contributed by atoms with E-state index in [9.17, 15) is 9.18 Å². The molecule has 0 unspecified atom stereocenters. The molecule has 2 heterocycles. The molecular formula is C19H18FN5O3. The number of benzene rings is 1. The molecule has 9 heteroatoms. The Morgan fingerprint density at radius 2 is 2.18 bits per heavy atom. The second kappa shape index (κ2) is 7.44. The fourth-order valence-corrected chi connectivity index (χ4v) is 2.72. The number of nitrogens with zero attached hydrogens (tertiary/aromatic N) is 4. The zero-order valence-corrected chi connectivity index (χ0v) is 15.6. The molecule has 0 atom stereocenters. The van der Waals surface area contributed by atoms with Crippen LogP contribution in [0.1, 0.15) is 27.3 Å². The van der Waals surface area contributed by atoms with Crippen molar-refractivity contribution >= 4 is 11.7 Å². The van der Waals surface area contributed by atoms with E-state index in [0.29, 0.717) is 5.69 Å². The highest BCUT2D eigenvalue weighted by molar-refractivity contribution is 5.95. The van der Waals surface area contributed by atoms with Gasteiger partial charge in [-0.15, -0.1) is 0 Å². The fraction of sp³-hybridized carbons (Fsp3) is 0.211. The SMILES string of the molecule is COC(=O)c1c(N)c(C#N)cn1-c1ccc(OCc2cnn(C)c2C)c(F)c1. The smallest absolute Gasteiger partial charge is 0.357 e. The number of aryl methyl sites for hydroxylation is 1. The number of ether oxygens (including phenoxy) is 2. The molecule has 0 aliphatic heterocycles. The first-order chi connectivity index (χ1) is 13.4. The number of hydrogen-bond acceptors (Lipinski definition) is 6. The van der Waals surface area contributed by atoms with Crippen molar-refractivity contribution in [3.05, 3.63) is 58.9 Å². The molecule has 0 aliphatic rings. The largest absolute Gasteiger partial charge is 0.486 e. The molecule has 0 bridgehead atoms. The molecule has 2 aromatic heterocycles. The van der Waals surface area contributed by atoms with E-state index >= 15 is 0 Å². The van der Waals surface area contributed by atoms with Crippen molar-refractivity contribution in [2.75, 3.05) is 12.8 Å². The van der Waals surface area contributed by atoms with Crippen LogP contribution in [0.15, 0.2) is 30.6 Å². The molecule has 3 rings (SSSR count). The second-order valence-corrected chi connectivity index (χ2v) is 6.06. The van der Waals surface area contributed by atoms with Gasteiger partial charge in [-0.2, -0.15) is 10.4 Å². The maximum Gasteiger partial charge on any atom is 0.357 e. The fourth-order valence-electron chi connectivity index (χ4n) is 2.72. The number of carbonyl (C=O) groups is 1. The lowest BCUT2D eigenvalue weighted by Gasteiger charge is -2.11. The molecule has 0 amide bonds.